The third-order valence-electron chi connectivity index (χ3n) is 5.18. The van der Waals surface area contributed by atoms with Crippen molar-refractivity contribution in [1.82, 2.24) is 14.1 Å². The molecule has 2 aromatic heterocycles. The zero-order chi connectivity index (χ0) is 22.5. The summed E-state index contributed by atoms with van der Waals surface area (Å²) in [6.07, 6.45) is 2.96. The molecule has 0 saturated heterocycles. The number of thiazole rings is 1. The predicted molar refractivity (Wildman–Crippen MR) is 136 cm³/mol. The van der Waals surface area contributed by atoms with Crippen molar-refractivity contribution < 1.29 is 4.74 Å². The standard InChI is InChI=1S/C24H25N3O2S3/c1-3-4-16-31-23-25-21-20(22(28)27(23)18-12-8-9-13-19(18)29-2)32-24(30)26(21)15-14-17-10-6-5-7-11-17/h5-13H,3-4,14-16H2,1-2H3. The first-order chi connectivity index (χ1) is 15.6. The van der Waals surface area contributed by atoms with Gasteiger partial charge in [-0.05, 0) is 42.8 Å². The zero-order valence-corrected chi connectivity index (χ0v) is 20.6. The Hall–Kier alpha value is -2.42. The number of thioether (sulfide) groups is 1. The average Bonchev–Trinajstić information content (AvgIpc) is 3.14. The van der Waals surface area contributed by atoms with Gasteiger partial charge in [0.15, 0.2) is 14.8 Å². The van der Waals surface area contributed by atoms with E-state index < -0.39 is 0 Å². The number of fused-ring (bicyclic) bond motifs is 1. The van der Waals surface area contributed by atoms with Crippen molar-refractivity contribution in [3.63, 3.8) is 0 Å². The smallest absolute Gasteiger partial charge is 0.278 e. The van der Waals surface area contributed by atoms with Crippen molar-refractivity contribution in [2.75, 3.05) is 12.9 Å². The number of methoxy groups -OCH3 is 1. The summed E-state index contributed by atoms with van der Waals surface area (Å²) in [6, 6.07) is 17.8. The summed E-state index contributed by atoms with van der Waals surface area (Å²) in [5.41, 5.74) is 2.50. The van der Waals surface area contributed by atoms with Gasteiger partial charge in [0.05, 0.1) is 12.8 Å². The van der Waals surface area contributed by atoms with Crippen LogP contribution < -0.4 is 10.3 Å². The molecular weight excluding hydrogens is 458 g/mol. The Bertz CT molecular complexity index is 1330. The van der Waals surface area contributed by atoms with Crippen molar-refractivity contribution in [1.29, 1.82) is 0 Å². The fourth-order valence-electron chi connectivity index (χ4n) is 3.49. The van der Waals surface area contributed by atoms with Crippen LogP contribution in [0, 0.1) is 3.95 Å². The SMILES string of the molecule is CCCCSc1nc2c(sc(=S)n2CCc2ccccc2)c(=O)n1-c1ccccc1OC. The number of aromatic nitrogens is 3. The average molecular weight is 484 g/mol. The summed E-state index contributed by atoms with van der Waals surface area (Å²) in [4.78, 5) is 18.7. The second-order valence-corrected chi connectivity index (χ2v) is 10.0. The largest absolute Gasteiger partial charge is 0.495 e. The van der Waals surface area contributed by atoms with E-state index in [4.69, 9.17) is 21.9 Å². The molecule has 4 rings (SSSR count). The first-order valence-electron chi connectivity index (χ1n) is 10.6. The molecule has 0 spiro atoms. The van der Waals surface area contributed by atoms with Crippen molar-refractivity contribution in [2.24, 2.45) is 0 Å². The van der Waals surface area contributed by atoms with Gasteiger partial charge in [0.2, 0.25) is 0 Å². The highest BCUT2D eigenvalue weighted by Gasteiger charge is 2.20. The van der Waals surface area contributed by atoms with Gasteiger partial charge in [-0.2, -0.15) is 0 Å². The summed E-state index contributed by atoms with van der Waals surface area (Å²) in [5, 5.41) is 0.668. The van der Waals surface area contributed by atoms with E-state index in [1.54, 1.807) is 23.4 Å². The molecule has 0 aliphatic rings. The number of hydrogen-bond donors (Lipinski definition) is 0. The van der Waals surface area contributed by atoms with Gasteiger partial charge in [-0.1, -0.05) is 78.9 Å². The van der Waals surface area contributed by atoms with Gasteiger partial charge in [0.1, 0.15) is 10.4 Å². The number of ether oxygens (including phenoxy) is 1. The Labute approximate surface area is 200 Å². The number of benzene rings is 2. The lowest BCUT2D eigenvalue weighted by Crippen LogP contribution is -2.22. The fourth-order valence-corrected chi connectivity index (χ4v) is 5.88. The normalized spacial score (nSPS) is 11.2. The molecule has 2 heterocycles. The van der Waals surface area contributed by atoms with E-state index in [9.17, 15) is 4.79 Å². The Kier molecular flexibility index (Phi) is 7.44. The van der Waals surface area contributed by atoms with Gasteiger partial charge < -0.3 is 9.30 Å². The number of nitrogens with zero attached hydrogens (tertiary/aromatic N) is 3. The molecule has 0 amide bonds. The molecule has 0 saturated carbocycles. The summed E-state index contributed by atoms with van der Waals surface area (Å²) < 4.78 is 10.5. The van der Waals surface area contributed by atoms with Gasteiger partial charge in [0, 0.05) is 12.3 Å². The first kappa shape index (κ1) is 22.8. The van der Waals surface area contributed by atoms with Crippen molar-refractivity contribution in [3.05, 3.63) is 74.5 Å². The van der Waals surface area contributed by atoms with E-state index >= 15 is 0 Å². The van der Waals surface area contributed by atoms with Gasteiger partial charge in [0.25, 0.3) is 5.56 Å². The third-order valence-corrected chi connectivity index (χ3v) is 7.63. The highest BCUT2D eigenvalue weighted by atomic mass is 32.2. The fraction of sp³-hybridized carbons (Fsp3) is 0.292. The van der Waals surface area contributed by atoms with Gasteiger partial charge in [-0.25, -0.2) is 4.98 Å². The second kappa shape index (κ2) is 10.5. The van der Waals surface area contributed by atoms with E-state index in [1.807, 2.05) is 47.0 Å². The zero-order valence-electron chi connectivity index (χ0n) is 18.1. The molecule has 0 N–H and O–H groups in total. The molecule has 0 atom stereocenters. The summed E-state index contributed by atoms with van der Waals surface area (Å²) >= 11 is 8.58. The Morgan fingerprint density at radius 1 is 1.12 bits per heavy atom. The molecule has 0 unspecified atom stereocenters. The van der Waals surface area contributed by atoms with Crippen LogP contribution in [0.25, 0.3) is 16.0 Å². The van der Waals surface area contributed by atoms with Crippen LogP contribution in [-0.4, -0.2) is 27.0 Å². The molecule has 2 aromatic carbocycles. The molecule has 0 radical (unpaired) electrons. The molecular formula is C24H25N3O2S3. The van der Waals surface area contributed by atoms with Gasteiger partial charge in [-0.3, -0.25) is 9.36 Å². The molecule has 0 aliphatic heterocycles. The molecule has 4 aromatic rings. The van der Waals surface area contributed by atoms with E-state index in [0.29, 0.717) is 37.4 Å². The van der Waals surface area contributed by atoms with Crippen LogP contribution in [0.3, 0.4) is 0 Å². The van der Waals surface area contributed by atoms with Crippen LogP contribution in [0.5, 0.6) is 5.75 Å². The van der Waals surface area contributed by atoms with Crippen LogP contribution in [0.4, 0.5) is 0 Å². The van der Waals surface area contributed by atoms with Crippen LogP contribution in [0.15, 0.2) is 64.5 Å². The number of para-hydroxylation sites is 2. The van der Waals surface area contributed by atoms with Crippen molar-refractivity contribution in [2.45, 2.75) is 37.9 Å². The molecule has 32 heavy (non-hydrogen) atoms. The van der Waals surface area contributed by atoms with Crippen LogP contribution >= 0.6 is 35.3 Å². The maximum absolute atomic E-state index is 13.7. The highest BCUT2D eigenvalue weighted by molar-refractivity contribution is 7.99. The molecule has 0 aliphatic carbocycles. The maximum atomic E-state index is 13.7. The minimum atomic E-state index is -0.104. The molecule has 5 nitrogen and oxygen atoms in total. The first-order valence-corrected chi connectivity index (χ1v) is 12.8. The number of unbranched alkanes of at least 4 members (excludes halogenated alkanes) is 1. The van der Waals surface area contributed by atoms with Crippen LogP contribution in [0.2, 0.25) is 0 Å². The van der Waals surface area contributed by atoms with Crippen LogP contribution in [-0.2, 0) is 13.0 Å². The highest BCUT2D eigenvalue weighted by Crippen LogP contribution is 2.29. The number of hydrogen-bond acceptors (Lipinski definition) is 6. The topological polar surface area (TPSA) is 49.0 Å². The molecule has 0 bridgehead atoms. The third kappa shape index (κ3) is 4.67. The van der Waals surface area contributed by atoms with E-state index in [1.165, 1.54) is 16.9 Å². The minimum absolute atomic E-state index is 0.104. The second-order valence-electron chi connectivity index (χ2n) is 7.32. The lowest BCUT2D eigenvalue weighted by Gasteiger charge is -2.15. The Morgan fingerprint density at radius 3 is 2.62 bits per heavy atom. The van der Waals surface area contributed by atoms with Gasteiger partial charge in [-0.15, -0.1) is 0 Å². The van der Waals surface area contributed by atoms with Crippen molar-refractivity contribution >= 4 is 45.7 Å². The number of rotatable bonds is 9. The van der Waals surface area contributed by atoms with E-state index in [0.717, 1.165) is 25.0 Å². The maximum Gasteiger partial charge on any atom is 0.278 e. The van der Waals surface area contributed by atoms with Crippen LogP contribution in [0.1, 0.15) is 25.3 Å². The Morgan fingerprint density at radius 2 is 1.88 bits per heavy atom. The quantitative estimate of drug-likeness (QED) is 0.124. The molecule has 8 heteroatoms. The molecule has 166 valence electrons. The minimum Gasteiger partial charge on any atom is -0.495 e. The summed E-state index contributed by atoms with van der Waals surface area (Å²) in [7, 11) is 1.61. The Balaban J connectivity index is 1.85. The lowest BCUT2D eigenvalue weighted by atomic mass is 10.1. The monoisotopic (exact) mass is 483 g/mol. The molecule has 0 fully saturated rings. The summed E-state index contributed by atoms with van der Waals surface area (Å²) in [6.45, 7) is 2.84. The number of aryl methyl sites for hydroxylation is 2. The van der Waals surface area contributed by atoms with E-state index in [2.05, 4.69) is 19.1 Å². The van der Waals surface area contributed by atoms with Crippen molar-refractivity contribution in [3.8, 4) is 11.4 Å². The van der Waals surface area contributed by atoms with Gasteiger partial charge >= 0.3 is 0 Å². The summed E-state index contributed by atoms with van der Waals surface area (Å²) in [5.74, 6) is 1.53. The lowest BCUT2D eigenvalue weighted by molar-refractivity contribution is 0.411. The van der Waals surface area contributed by atoms with E-state index in [-0.39, 0.29) is 5.56 Å². The predicted octanol–water partition coefficient (Wildman–Crippen LogP) is 6.12.